The zero-order chi connectivity index (χ0) is 34.2. The molecule has 13 heteroatoms. The van der Waals surface area contributed by atoms with Crippen molar-refractivity contribution < 1.29 is 28.7 Å². The van der Waals surface area contributed by atoms with Gasteiger partial charge in [-0.15, -0.1) is 12.4 Å². The largest absolute Gasteiger partial charge is 0.444 e. The summed E-state index contributed by atoms with van der Waals surface area (Å²) in [5, 5.41) is 6.84. The SMILES string of the molecule is C.C.CC(C)(C)OC(=O)Nc1ccc(Cl)cc1C(=O)C1CCN(C(=O)OC(C)(C)C)CC1.Cl.Nc1ccc(Cl)cc1C(=O)C1CCNCC1. The number of benzene rings is 2. The van der Waals surface area contributed by atoms with Gasteiger partial charge in [0.05, 0.1) is 5.69 Å². The van der Waals surface area contributed by atoms with Crippen LogP contribution in [0.4, 0.5) is 21.0 Å². The first-order chi connectivity index (χ1) is 21.4. The first-order valence-electron chi connectivity index (χ1n) is 15.5. The molecule has 0 atom stereocenters. The summed E-state index contributed by atoms with van der Waals surface area (Å²) in [5.74, 6) is -0.183. The standard InChI is InChI=1S/C22H31ClN2O5.C12H15ClN2O.2CH4.ClH/c1-21(2,3)29-19(27)24-17-8-7-15(23)13-16(17)18(26)14-9-11-25(12-10-14)20(28)30-22(4,5)6;13-9-1-2-11(14)10(7-9)12(16)8-3-5-15-6-4-8;;;/h7-8,13-14H,9-12H2,1-6H3,(H,24,27);1-2,7-8,15H,3-6,14H2;2*1H4;1H. The Balaban J connectivity index is 0.00000103. The number of likely N-dealkylation sites (tertiary alicyclic amines) is 1. The minimum absolute atomic E-state index is 0. The summed E-state index contributed by atoms with van der Waals surface area (Å²) >= 11 is 12.0. The van der Waals surface area contributed by atoms with E-state index in [1.54, 1.807) is 62.1 Å². The van der Waals surface area contributed by atoms with Crippen molar-refractivity contribution in [3.8, 4) is 0 Å². The van der Waals surface area contributed by atoms with Gasteiger partial charge in [-0.05, 0) is 117 Å². The lowest BCUT2D eigenvalue weighted by Gasteiger charge is -2.33. The molecule has 2 heterocycles. The molecule has 2 amide bonds. The third-order valence-electron chi connectivity index (χ3n) is 7.39. The Morgan fingerprint density at radius 1 is 0.776 bits per heavy atom. The van der Waals surface area contributed by atoms with E-state index in [1.165, 1.54) is 0 Å². The van der Waals surface area contributed by atoms with E-state index in [4.69, 9.17) is 38.4 Å². The molecular formula is C36H55Cl3N4O6. The number of nitrogens with two attached hydrogens (primary N) is 1. The number of ketones is 2. The van der Waals surface area contributed by atoms with E-state index in [-0.39, 0.29) is 56.8 Å². The molecule has 4 N–H and O–H groups in total. The second kappa shape index (κ2) is 20.0. The van der Waals surface area contributed by atoms with Gasteiger partial charge in [0, 0.05) is 51.8 Å². The molecule has 2 aliphatic heterocycles. The number of halogens is 3. The van der Waals surface area contributed by atoms with Gasteiger partial charge in [-0.1, -0.05) is 38.1 Å². The molecule has 276 valence electrons. The number of nitrogens with one attached hydrogen (secondary N) is 2. The Hall–Kier alpha value is -3.05. The number of nitrogen functional groups attached to an aromatic ring is 1. The molecule has 0 spiro atoms. The Morgan fingerprint density at radius 2 is 1.24 bits per heavy atom. The maximum atomic E-state index is 13.2. The zero-order valence-electron chi connectivity index (χ0n) is 27.9. The summed E-state index contributed by atoms with van der Waals surface area (Å²) in [6, 6.07) is 9.82. The van der Waals surface area contributed by atoms with Crippen molar-refractivity contribution >= 4 is 70.7 Å². The van der Waals surface area contributed by atoms with Gasteiger partial charge in [-0.25, -0.2) is 9.59 Å². The maximum absolute atomic E-state index is 13.2. The van der Waals surface area contributed by atoms with Crippen molar-refractivity contribution in [3.05, 3.63) is 57.6 Å². The van der Waals surface area contributed by atoms with Crippen molar-refractivity contribution in [2.24, 2.45) is 11.8 Å². The van der Waals surface area contributed by atoms with Gasteiger partial charge in [-0.2, -0.15) is 0 Å². The number of Topliss-reactive ketones (excluding diaryl/α,β-unsaturated/α-hetero) is 2. The van der Waals surface area contributed by atoms with Gasteiger partial charge in [0.2, 0.25) is 0 Å². The van der Waals surface area contributed by atoms with E-state index >= 15 is 0 Å². The van der Waals surface area contributed by atoms with Crippen molar-refractivity contribution in [1.29, 1.82) is 0 Å². The molecule has 2 aliphatic rings. The number of hydrogen-bond acceptors (Lipinski definition) is 8. The number of amides is 2. The monoisotopic (exact) mass is 744 g/mol. The summed E-state index contributed by atoms with van der Waals surface area (Å²) in [4.78, 5) is 51.4. The molecule has 10 nitrogen and oxygen atoms in total. The summed E-state index contributed by atoms with van der Waals surface area (Å²) < 4.78 is 10.7. The van der Waals surface area contributed by atoms with Crippen LogP contribution in [-0.4, -0.2) is 66.0 Å². The van der Waals surface area contributed by atoms with Crippen LogP contribution in [0.15, 0.2) is 36.4 Å². The first-order valence-corrected chi connectivity index (χ1v) is 16.3. The van der Waals surface area contributed by atoms with Crippen LogP contribution in [0.1, 0.15) is 103 Å². The minimum Gasteiger partial charge on any atom is -0.444 e. The number of anilines is 2. The second-order valence-corrected chi connectivity index (χ2v) is 14.4. The fourth-order valence-corrected chi connectivity index (χ4v) is 5.50. The third-order valence-corrected chi connectivity index (χ3v) is 7.86. The number of ether oxygens (including phenoxy) is 2. The molecule has 0 saturated carbocycles. The average Bonchev–Trinajstić information content (AvgIpc) is 2.97. The first kappa shape index (κ1) is 46.0. The van der Waals surface area contributed by atoms with Crippen LogP contribution >= 0.6 is 35.6 Å². The lowest BCUT2D eigenvalue weighted by atomic mass is 9.88. The Kier molecular flexibility index (Phi) is 18.7. The summed E-state index contributed by atoms with van der Waals surface area (Å²) in [6.07, 6.45) is 1.77. The normalized spacial score (nSPS) is 15.1. The van der Waals surface area contributed by atoms with Gasteiger partial charge in [0.15, 0.2) is 11.6 Å². The predicted molar refractivity (Wildman–Crippen MR) is 203 cm³/mol. The Labute approximate surface area is 308 Å². The highest BCUT2D eigenvalue weighted by atomic mass is 35.5. The van der Waals surface area contributed by atoms with E-state index in [0.717, 1.165) is 25.9 Å². The molecule has 0 aromatic heterocycles. The number of hydrogen-bond donors (Lipinski definition) is 3. The van der Waals surface area contributed by atoms with Crippen LogP contribution in [0.25, 0.3) is 0 Å². The van der Waals surface area contributed by atoms with Gasteiger partial charge in [-0.3, -0.25) is 14.9 Å². The van der Waals surface area contributed by atoms with Crippen LogP contribution in [0, 0.1) is 11.8 Å². The second-order valence-electron chi connectivity index (χ2n) is 13.5. The van der Waals surface area contributed by atoms with Crippen LogP contribution in [0.5, 0.6) is 0 Å². The van der Waals surface area contributed by atoms with Crippen LogP contribution < -0.4 is 16.4 Å². The van der Waals surface area contributed by atoms with Crippen molar-refractivity contribution in [2.75, 3.05) is 37.2 Å². The van der Waals surface area contributed by atoms with E-state index in [0.29, 0.717) is 58.5 Å². The molecule has 0 radical (unpaired) electrons. The van der Waals surface area contributed by atoms with Crippen LogP contribution in [0.3, 0.4) is 0 Å². The number of rotatable bonds is 5. The highest BCUT2D eigenvalue weighted by molar-refractivity contribution is 6.31. The van der Waals surface area contributed by atoms with E-state index in [9.17, 15) is 19.2 Å². The maximum Gasteiger partial charge on any atom is 0.412 e. The summed E-state index contributed by atoms with van der Waals surface area (Å²) in [7, 11) is 0. The minimum atomic E-state index is -0.658. The van der Waals surface area contributed by atoms with E-state index < -0.39 is 17.3 Å². The molecule has 49 heavy (non-hydrogen) atoms. The molecule has 4 rings (SSSR count). The molecule has 2 aromatic carbocycles. The topological polar surface area (TPSA) is 140 Å². The molecule has 2 saturated heterocycles. The highest BCUT2D eigenvalue weighted by Crippen LogP contribution is 2.29. The Morgan fingerprint density at radius 3 is 1.78 bits per heavy atom. The Bertz CT molecular complexity index is 1410. The quantitative estimate of drug-likeness (QED) is 0.203. The van der Waals surface area contributed by atoms with Crippen molar-refractivity contribution in [2.45, 2.75) is 93.3 Å². The van der Waals surface area contributed by atoms with Crippen molar-refractivity contribution in [1.82, 2.24) is 10.2 Å². The van der Waals surface area contributed by atoms with Crippen molar-refractivity contribution in [3.63, 3.8) is 0 Å². The smallest absolute Gasteiger partial charge is 0.412 e. The number of carbonyl (C=O) groups excluding carboxylic acids is 4. The fraction of sp³-hybridized carbons (Fsp3) is 0.556. The fourth-order valence-electron chi connectivity index (χ4n) is 5.16. The lowest BCUT2D eigenvalue weighted by Crippen LogP contribution is -2.43. The van der Waals surface area contributed by atoms with Gasteiger partial charge >= 0.3 is 12.2 Å². The molecule has 0 unspecified atom stereocenters. The van der Waals surface area contributed by atoms with Crippen LogP contribution in [0.2, 0.25) is 10.0 Å². The summed E-state index contributed by atoms with van der Waals surface area (Å²) in [5.41, 5.74) is 6.36. The molecule has 2 fully saturated rings. The lowest BCUT2D eigenvalue weighted by molar-refractivity contribution is 0.0182. The molecule has 0 bridgehead atoms. The van der Waals surface area contributed by atoms with Crippen LogP contribution in [-0.2, 0) is 9.47 Å². The zero-order valence-corrected chi connectivity index (χ0v) is 30.2. The number of carbonyl (C=O) groups is 4. The number of nitrogens with zero attached hydrogens (tertiary/aromatic N) is 1. The van der Waals surface area contributed by atoms with Gasteiger partial charge in [0.25, 0.3) is 0 Å². The molecular weight excluding hydrogens is 691 g/mol. The molecule has 0 aliphatic carbocycles. The van der Waals surface area contributed by atoms with E-state index in [1.807, 2.05) is 20.8 Å². The highest BCUT2D eigenvalue weighted by Gasteiger charge is 2.32. The number of piperidine rings is 2. The average molecular weight is 746 g/mol. The molecule has 2 aromatic rings. The van der Waals surface area contributed by atoms with Gasteiger partial charge < -0.3 is 25.4 Å². The predicted octanol–water partition coefficient (Wildman–Crippen LogP) is 9.32. The summed E-state index contributed by atoms with van der Waals surface area (Å²) in [6.45, 7) is 13.4. The van der Waals surface area contributed by atoms with Gasteiger partial charge in [0.1, 0.15) is 11.2 Å². The van der Waals surface area contributed by atoms with E-state index in [2.05, 4.69) is 10.6 Å². The third kappa shape index (κ3) is 14.8.